The monoisotopic (exact) mass is 420 g/mol. The molecule has 0 spiro atoms. The predicted molar refractivity (Wildman–Crippen MR) is 122 cm³/mol. The van der Waals surface area contributed by atoms with E-state index in [2.05, 4.69) is 16.0 Å². The maximum Gasteiger partial charge on any atom is 0.323 e. The summed E-state index contributed by atoms with van der Waals surface area (Å²) in [4.78, 5) is 22.8. The predicted octanol–water partition coefficient (Wildman–Crippen LogP) is 4.33. The number of amides is 2. The Balaban J connectivity index is 1.66. The Labute approximate surface area is 179 Å². The van der Waals surface area contributed by atoms with Crippen LogP contribution < -0.4 is 27.4 Å². The lowest BCUT2D eigenvalue weighted by atomic mass is 10.1. The van der Waals surface area contributed by atoms with Crippen molar-refractivity contribution < 1.29 is 9.72 Å². The van der Waals surface area contributed by atoms with Crippen LogP contribution in [0, 0.1) is 10.1 Å². The van der Waals surface area contributed by atoms with Gasteiger partial charge >= 0.3 is 6.03 Å². The molecular weight excluding hydrogens is 396 g/mol. The van der Waals surface area contributed by atoms with Gasteiger partial charge in [-0.05, 0) is 42.3 Å². The van der Waals surface area contributed by atoms with Gasteiger partial charge in [-0.1, -0.05) is 36.4 Å². The van der Waals surface area contributed by atoms with E-state index in [1.54, 1.807) is 42.5 Å². The number of para-hydroxylation sites is 2. The average molecular weight is 420 g/mol. The molecule has 3 aromatic carbocycles. The third kappa shape index (κ3) is 5.78. The summed E-state index contributed by atoms with van der Waals surface area (Å²) >= 11 is 0. The molecule has 0 heterocycles. The van der Waals surface area contributed by atoms with E-state index in [4.69, 9.17) is 11.5 Å². The van der Waals surface area contributed by atoms with Gasteiger partial charge in [0.2, 0.25) is 0 Å². The lowest BCUT2D eigenvalue weighted by molar-refractivity contribution is -0.384. The number of nitro benzene ring substituents is 1. The minimum Gasteiger partial charge on any atom is -0.377 e. The SMILES string of the molecule is CC(Nc1ccccc1NC(=O)Nc1ccc(C(N)N)cc1)c1ccc([N+](=O)[O-])cc1. The number of nitro groups is 1. The molecule has 2 amide bonds. The van der Waals surface area contributed by atoms with Gasteiger partial charge in [-0.25, -0.2) is 4.79 Å². The lowest BCUT2D eigenvalue weighted by Crippen LogP contribution is -2.21. The van der Waals surface area contributed by atoms with Crippen LogP contribution in [0.1, 0.15) is 30.3 Å². The van der Waals surface area contributed by atoms with Crippen LogP contribution in [0.5, 0.6) is 0 Å². The number of carbonyl (C=O) groups is 1. The summed E-state index contributed by atoms with van der Waals surface area (Å²) in [6.45, 7) is 1.93. The fourth-order valence-electron chi connectivity index (χ4n) is 2.99. The molecule has 0 saturated heterocycles. The second kappa shape index (κ2) is 9.70. The Kier molecular flexibility index (Phi) is 6.81. The standard InChI is InChI=1S/C22H24N6O3/c1-14(15-8-12-18(13-9-15)28(30)31)25-19-4-2-3-5-20(19)27-22(29)26-17-10-6-16(7-11-17)21(23)24/h2-14,21,25H,23-24H2,1H3,(H2,26,27,29). The summed E-state index contributed by atoms with van der Waals surface area (Å²) in [6, 6.07) is 20.0. The fraction of sp³-hybridized carbons (Fsp3) is 0.136. The summed E-state index contributed by atoms with van der Waals surface area (Å²) in [5.41, 5.74) is 14.8. The number of carbonyl (C=O) groups excluding carboxylic acids is 1. The molecule has 1 atom stereocenters. The third-order valence-corrected chi connectivity index (χ3v) is 4.70. The smallest absolute Gasteiger partial charge is 0.323 e. The quantitative estimate of drug-likeness (QED) is 0.218. The van der Waals surface area contributed by atoms with Gasteiger partial charge in [-0.15, -0.1) is 0 Å². The van der Waals surface area contributed by atoms with Crippen molar-refractivity contribution in [2.24, 2.45) is 11.5 Å². The zero-order valence-electron chi connectivity index (χ0n) is 16.9. The Bertz CT molecular complexity index is 1050. The highest BCUT2D eigenvalue weighted by molar-refractivity contribution is 6.01. The van der Waals surface area contributed by atoms with E-state index in [1.807, 2.05) is 25.1 Å². The number of nitrogens with one attached hydrogen (secondary N) is 3. The third-order valence-electron chi connectivity index (χ3n) is 4.70. The maximum absolute atomic E-state index is 12.4. The molecule has 3 rings (SSSR count). The fourth-order valence-corrected chi connectivity index (χ4v) is 2.99. The van der Waals surface area contributed by atoms with E-state index in [0.29, 0.717) is 17.1 Å². The van der Waals surface area contributed by atoms with E-state index in [0.717, 1.165) is 11.1 Å². The van der Waals surface area contributed by atoms with Crippen LogP contribution in [-0.2, 0) is 0 Å². The normalized spacial score (nSPS) is 11.6. The minimum atomic E-state index is -0.571. The first-order chi connectivity index (χ1) is 14.8. The highest BCUT2D eigenvalue weighted by atomic mass is 16.6. The number of hydrogen-bond acceptors (Lipinski definition) is 6. The topological polar surface area (TPSA) is 148 Å². The van der Waals surface area contributed by atoms with Gasteiger partial charge in [-0.3, -0.25) is 10.1 Å². The molecule has 1 unspecified atom stereocenters. The molecule has 3 aromatic rings. The van der Waals surface area contributed by atoms with E-state index in [-0.39, 0.29) is 11.7 Å². The average Bonchev–Trinajstić information content (AvgIpc) is 2.75. The lowest BCUT2D eigenvalue weighted by Gasteiger charge is -2.19. The summed E-state index contributed by atoms with van der Waals surface area (Å²) < 4.78 is 0. The molecule has 0 saturated carbocycles. The van der Waals surface area contributed by atoms with Crippen LogP contribution in [0.3, 0.4) is 0 Å². The van der Waals surface area contributed by atoms with E-state index in [1.165, 1.54) is 12.1 Å². The first-order valence-electron chi connectivity index (χ1n) is 9.62. The molecular formula is C22H24N6O3. The van der Waals surface area contributed by atoms with Crippen LogP contribution in [0.2, 0.25) is 0 Å². The van der Waals surface area contributed by atoms with Crippen LogP contribution in [-0.4, -0.2) is 11.0 Å². The van der Waals surface area contributed by atoms with Crippen molar-refractivity contribution in [1.29, 1.82) is 0 Å². The number of nitrogens with zero attached hydrogens (tertiary/aromatic N) is 1. The Morgan fingerprint density at radius 2 is 1.45 bits per heavy atom. The van der Waals surface area contributed by atoms with Crippen molar-refractivity contribution >= 4 is 28.8 Å². The zero-order valence-corrected chi connectivity index (χ0v) is 16.9. The van der Waals surface area contributed by atoms with Gasteiger partial charge < -0.3 is 27.4 Å². The molecule has 0 aliphatic carbocycles. The molecule has 0 aromatic heterocycles. The van der Waals surface area contributed by atoms with E-state index in [9.17, 15) is 14.9 Å². The van der Waals surface area contributed by atoms with Gasteiger partial charge in [0.25, 0.3) is 5.69 Å². The number of anilines is 3. The van der Waals surface area contributed by atoms with Crippen molar-refractivity contribution in [3.8, 4) is 0 Å². The van der Waals surface area contributed by atoms with Crippen LogP contribution in [0.15, 0.2) is 72.8 Å². The van der Waals surface area contributed by atoms with Crippen LogP contribution >= 0.6 is 0 Å². The number of benzene rings is 3. The summed E-state index contributed by atoms with van der Waals surface area (Å²) in [5.74, 6) is 0. The summed E-state index contributed by atoms with van der Waals surface area (Å²) in [5, 5.41) is 19.7. The number of non-ortho nitro benzene ring substituents is 1. The Morgan fingerprint density at radius 1 is 0.871 bits per heavy atom. The Hall–Kier alpha value is -3.95. The second-order valence-electron chi connectivity index (χ2n) is 6.99. The van der Waals surface area contributed by atoms with Crippen molar-refractivity contribution in [1.82, 2.24) is 0 Å². The second-order valence-corrected chi connectivity index (χ2v) is 6.99. The summed E-state index contributed by atoms with van der Waals surface area (Å²) in [6.07, 6.45) is -0.571. The number of urea groups is 1. The molecule has 0 fully saturated rings. The first-order valence-corrected chi connectivity index (χ1v) is 9.62. The molecule has 0 bridgehead atoms. The van der Waals surface area contributed by atoms with Gasteiger partial charge in [-0.2, -0.15) is 0 Å². The number of hydrogen-bond donors (Lipinski definition) is 5. The van der Waals surface area contributed by atoms with Crippen LogP contribution in [0.25, 0.3) is 0 Å². The number of rotatable bonds is 7. The highest BCUT2D eigenvalue weighted by Gasteiger charge is 2.12. The maximum atomic E-state index is 12.4. The summed E-state index contributed by atoms with van der Waals surface area (Å²) in [7, 11) is 0. The van der Waals surface area contributed by atoms with Gasteiger partial charge in [0.1, 0.15) is 0 Å². The van der Waals surface area contributed by atoms with Gasteiger partial charge in [0.05, 0.1) is 22.5 Å². The zero-order chi connectivity index (χ0) is 22.4. The molecule has 7 N–H and O–H groups in total. The largest absolute Gasteiger partial charge is 0.377 e. The van der Waals surface area contributed by atoms with Gasteiger partial charge in [0.15, 0.2) is 0 Å². The van der Waals surface area contributed by atoms with Crippen molar-refractivity contribution in [2.75, 3.05) is 16.0 Å². The highest BCUT2D eigenvalue weighted by Crippen LogP contribution is 2.27. The van der Waals surface area contributed by atoms with E-state index < -0.39 is 17.1 Å². The molecule has 9 heteroatoms. The minimum absolute atomic E-state index is 0.0381. The van der Waals surface area contributed by atoms with E-state index >= 15 is 0 Å². The number of nitrogens with two attached hydrogens (primary N) is 2. The molecule has 0 aliphatic rings. The van der Waals surface area contributed by atoms with Gasteiger partial charge in [0, 0.05) is 23.9 Å². The molecule has 0 radical (unpaired) electrons. The molecule has 31 heavy (non-hydrogen) atoms. The van der Waals surface area contributed by atoms with Crippen molar-refractivity contribution in [3.05, 3.63) is 94.0 Å². The first kappa shape index (κ1) is 21.8. The Morgan fingerprint density at radius 3 is 2.03 bits per heavy atom. The van der Waals surface area contributed by atoms with Crippen LogP contribution in [0.4, 0.5) is 27.5 Å². The molecule has 160 valence electrons. The molecule has 0 aliphatic heterocycles. The van der Waals surface area contributed by atoms with Crippen molar-refractivity contribution in [3.63, 3.8) is 0 Å². The molecule has 9 nitrogen and oxygen atoms in total. The van der Waals surface area contributed by atoms with Crippen molar-refractivity contribution in [2.45, 2.75) is 19.1 Å².